The van der Waals surface area contributed by atoms with Gasteiger partial charge in [-0.2, -0.15) is 0 Å². The molecule has 4 rings (SSSR count). The molecular weight excluding hydrogens is 343 g/mol. The van der Waals surface area contributed by atoms with Crippen LogP contribution in [0.15, 0.2) is 65.5 Å². The van der Waals surface area contributed by atoms with Crippen LogP contribution in [0.25, 0.3) is 10.9 Å². The average Bonchev–Trinajstić information content (AvgIpc) is 3.12. The number of benzene rings is 2. The van der Waals surface area contributed by atoms with Gasteiger partial charge in [0.05, 0.1) is 16.8 Å². The monoisotopic (exact) mass is 354 g/mol. The molecule has 0 aliphatic rings. The second-order valence-electron chi connectivity index (χ2n) is 5.31. The van der Waals surface area contributed by atoms with Crippen LogP contribution in [0.5, 0.6) is 0 Å². The van der Waals surface area contributed by atoms with Gasteiger partial charge in [-0.05, 0) is 42.5 Å². The molecule has 124 valence electrons. The summed E-state index contributed by atoms with van der Waals surface area (Å²) in [4.78, 5) is 8.55. The Morgan fingerprint density at radius 3 is 2.60 bits per heavy atom. The maximum atomic E-state index is 13.3. The van der Waals surface area contributed by atoms with E-state index >= 15 is 0 Å². The Morgan fingerprint density at radius 2 is 1.80 bits per heavy atom. The van der Waals surface area contributed by atoms with Gasteiger partial charge in [0.25, 0.3) is 0 Å². The maximum Gasteiger partial charge on any atom is 0.196 e. The lowest BCUT2D eigenvalue weighted by Crippen LogP contribution is -1.97. The van der Waals surface area contributed by atoms with Crippen molar-refractivity contribution in [1.82, 2.24) is 9.97 Å². The van der Waals surface area contributed by atoms with Gasteiger partial charge in [0.1, 0.15) is 18.0 Å². The summed E-state index contributed by atoms with van der Waals surface area (Å²) in [6, 6.07) is 13.7. The summed E-state index contributed by atoms with van der Waals surface area (Å²) in [5, 5.41) is 7.16. The first-order valence-electron chi connectivity index (χ1n) is 7.46. The Labute approximate surface area is 147 Å². The molecule has 0 fully saturated rings. The first-order valence-corrected chi connectivity index (χ1v) is 7.84. The van der Waals surface area contributed by atoms with Crippen molar-refractivity contribution in [2.75, 3.05) is 10.6 Å². The highest BCUT2D eigenvalue weighted by Gasteiger charge is 2.08. The van der Waals surface area contributed by atoms with Gasteiger partial charge < -0.3 is 15.1 Å². The summed E-state index contributed by atoms with van der Waals surface area (Å²) >= 11 is 5.83. The van der Waals surface area contributed by atoms with E-state index in [1.165, 1.54) is 18.5 Å². The fourth-order valence-electron chi connectivity index (χ4n) is 2.44. The molecule has 0 saturated heterocycles. The van der Waals surface area contributed by atoms with E-state index in [2.05, 4.69) is 20.6 Å². The Morgan fingerprint density at radius 1 is 0.960 bits per heavy atom. The van der Waals surface area contributed by atoms with Gasteiger partial charge in [-0.15, -0.1) is 0 Å². The molecule has 0 spiro atoms. The molecule has 0 amide bonds. The topological polar surface area (TPSA) is 63.0 Å². The summed E-state index contributed by atoms with van der Waals surface area (Å²) in [5.41, 5.74) is 2.24. The zero-order valence-corrected chi connectivity index (χ0v) is 13.6. The molecule has 7 heteroatoms. The van der Waals surface area contributed by atoms with E-state index in [4.69, 9.17) is 16.0 Å². The molecule has 2 heterocycles. The number of fused-ring (bicyclic) bond motifs is 1. The van der Waals surface area contributed by atoms with Crippen molar-refractivity contribution in [1.29, 1.82) is 0 Å². The number of aromatic nitrogens is 2. The van der Waals surface area contributed by atoms with E-state index in [-0.39, 0.29) is 5.02 Å². The molecule has 0 aliphatic heterocycles. The molecule has 0 atom stereocenters. The zero-order valence-electron chi connectivity index (χ0n) is 12.8. The summed E-state index contributed by atoms with van der Waals surface area (Å²) in [5.74, 6) is 0.761. The third kappa shape index (κ3) is 3.25. The van der Waals surface area contributed by atoms with Crippen molar-refractivity contribution in [3.05, 3.63) is 72.0 Å². The van der Waals surface area contributed by atoms with E-state index < -0.39 is 5.82 Å². The number of hydrogen-bond acceptors (Lipinski definition) is 5. The predicted molar refractivity (Wildman–Crippen MR) is 96.2 cm³/mol. The van der Waals surface area contributed by atoms with Crippen molar-refractivity contribution >= 4 is 45.6 Å². The lowest BCUT2D eigenvalue weighted by atomic mass is 10.2. The first kappa shape index (κ1) is 15.4. The largest absolute Gasteiger partial charge is 0.449 e. The molecule has 2 N–H and O–H groups in total. The number of hydrogen-bond donors (Lipinski definition) is 2. The Kier molecular flexibility index (Phi) is 3.95. The summed E-state index contributed by atoms with van der Waals surface area (Å²) in [6.45, 7) is 0. The molecule has 0 radical (unpaired) electrons. The standard InChI is InChI=1S/C18H12ClFN4O/c19-14-9-12(3-5-15(14)20)24-18-13-8-11(23-17-2-1-7-25-17)4-6-16(13)21-10-22-18/h1-10,23H,(H,21,22,24). The van der Waals surface area contributed by atoms with Gasteiger partial charge in [-0.1, -0.05) is 11.6 Å². The smallest absolute Gasteiger partial charge is 0.196 e. The number of nitrogens with zero attached hydrogens (tertiary/aromatic N) is 2. The van der Waals surface area contributed by atoms with Crippen LogP contribution in [-0.2, 0) is 0 Å². The van der Waals surface area contributed by atoms with Crippen LogP contribution in [0, 0.1) is 5.82 Å². The summed E-state index contributed by atoms with van der Waals surface area (Å²) < 4.78 is 18.6. The van der Waals surface area contributed by atoms with Crippen LogP contribution in [0.3, 0.4) is 0 Å². The normalized spacial score (nSPS) is 10.8. The van der Waals surface area contributed by atoms with Gasteiger partial charge in [0, 0.05) is 22.8 Å². The summed E-state index contributed by atoms with van der Waals surface area (Å²) in [6.07, 6.45) is 3.06. The third-order valence-electron chi connectivity index (χ3n) is 3.61. The van der Waals surface area contributed by atoms with Crippen LogP contribution in [-0.4, -0.2) is 9.97 Å². The second kappa shape index (κ2) is 6.41. The van der Waals surface area contributed by atoms with Crippen LogP contribution in [0.4, 0.5) is 27.5 Å². The lowest BCUT2D eigenvalue weighted by molar-refractivity contribution is 0.585. The lowest BCUT2D eigenvalue weighted by Gasteiger charge is -2.10. The van der Waals surface area contributed by atoms with E-state index in [1.54, 1.807) is 18.4 Å². The number of anilines is 4. The number of furan rings is 1. The first-order chi connectivity index (χ1) is 12.2. The third-order valence-corrected chi connectivity index (χ3v) is 3.90. The van der Waals surface area contributed by atoms with Crippen LogP contribution in [0.1, 0.15) is 0 Å². The van der Waals surface area contributed by atoms with Gasteiger partial charge in [-0.3, -0.25) is 0 Å². The fraction of sp³-hybridized carbons (Fsp3) is 0. The number of halogens is 2. The van der Waals surface area contributed by atoms with Gasteiger partial charge in [0.2, 0.25) is 0 Å². The predicted octanol–water partition coefficient (Wildman–Crippen LogP) is 5.50. The number of nitrogens with one attached hydrogen (secondary N) is 2. The van der Waals surface area contributed by atoms with Crippen LogP contribution in [0.2, 0.25) is 5.02 Å². The van der Waals surface area contributed by atoms with Crippen LogP contribution < -0.4 is 10.6 Å². The van der Waals surface area contributed by atoms with E-state index in [0.717, 1.165) is 16.6 Å². The summed E-state index contributed by atoms with van der Waals surface area (Å²) in [7, 11) is 0. The van der Waals surface area contributed by atoms with E-state index in [0.29, 0.717) is 17.4 Å². The Bertz CT molecular complexity index is 1040. The van der Waals surface area contributed by atoms with Gasteiger partial charge in [0.15, 0.2) is 5.88 Å². The second-order valence-corrected chi connectivity index (χ2v) is 5.72. The van der Waals surface area contributed by atoms with Crippen LogP contribution >= 0.6 is 11.6 Å². The minimum atomic E-state index is -0.468. The molecule has 0 aliphatic carbocycles. The Hall–Kier alpha value is -3.12. The molecule has 0 unspecified atom stereocenters. The van der Waals surface area contributed by atoms with Crippen molar-refractivity contribution in [3.63, 3.8) is 0 Å². The minimum Gasteiger partial charge on any atom is -0.449 e. The molecule has 5 nitrogen and oxygen atoms in total. The molecular formula is C18H12ClFN4O. The number of rotatable bonds is 4. The molecule has 0 saturated carbocycles. The zero-order chi connectivity index (χ0) is 17.2. The maximum absolute atomic E-state index is 13.3. The fourth-order valence-corrected chi connectivity index (χ4v) is 2.62. The quantitative estimate of drug-likeness (QED) is 0.506. The minimum absolute atomic E-state index is 0.0449. The van der Waals surface area contributed by atoms with Gasteiger partial charge >= 0.3 is 0 Å². The Balaban J connectivity index is 1.71. The highest BCUT2D eigenvalue weighted by Crippen LogP contribution is 2.28. The molecule has 2 aromatic heterocycles. The van der Waals surface area contributed by atoms with Gasteiger partial charge in [-0.25, -0.2) is 14.4 Å². The van der Waals surface area contributed by atoms with E-state index in [9.17, 15) is 4.39 Å². The van der Waals surface area contributed by atoms with Crippen molar-refractivity contribution in [3.8, 4) is 0 Å². The SMILES string of the molecule is Fc1ccc(Nc2ncnc3ccc(Nc4ccco4)cc23)cc1Cl. The highest BCUT2D eigenvalue weighted by molar-refractivity contribution is 6.31. The molecule has 4 aromatic rings. The molecule has 2 aromatic carbocycles. The van der Waals surface area contributed by atoms with E-state index in [1.807, 2.05) is 24.3 Å². The highest BCUT2D eigenvalue weighted by atomic mass is 35.5. The van der Waals surface area contributed by atoms with Crippen molar-refractivity contribution in [2.45, 2.75) is 0 Å². The van der Waals surface area contributed by atoms with Crippen molar-refractivity contribution < 1.29 is 8.81 Å². The average molecular weight is 355 g/mol. The molecule has 0 bridgehead atoms. The molecule has 25 heavy (non-hydrogen) atoms. The van der Waals surface area contributed by atoms with Crippen molar-refractivity contribution in [2.24, 2.45) is 0 Å².